The molecule has 0 radical (unpaired) electrons. The first-order valence-electron chi connectivity index (χ1n) is 11.3. The van der Waals surface area contributed by atoms with Crippen molar-refractivity contribution in [3.05, 3.63) is 58.7 Å². The number of hydrogen-bond donors (Lipinski definition) is 0. The van der Waals surface area contributed by atoms with Gasteiger partial charge in [-0.15, -0.1) is 0 Å². The highest BCUT2D eigenvalue weighted by molar-refractivity contribution is 5.96. The molecule has 0 saturated carbocycles. The summed E-state index contributed by atoms with van der Waals surface area (Å²) in [6, 6.07) is 13.6. The monoisotopic (exact) mass is 406 g/mol. The predicted octanol–water partition coefficient (Wildman–Crippen LogP) is 4.91. The summed E-state index contributed by atoms with van der Waals surface area (Å²) >= 11 is 0. The Labute approximate surface area is 180 Å². The van der Waals surface area contributed by atoms with Gasteiger partial charge < -0.3 is 9.64 Å². The van der Waals surface area contributed by atoms with Crippen molar-refractivity contribution in [2.45, 2.75) is 46.6 Å². The zero-order valence-corrected chi connectivity index (χ0v) is 18.8. The summed E-state index contributed by atoms with van der Waals surface area (Å²) in [5, 5.41) is 0. The quantitative estimate of drug-likeness (QED) is 0.639. The first-order valence-corrected chi connectivity index (χ1v) is 11.3. The standard InChI is InChI=1S/C26H34N2O2/c1-18(2)15-23-7-8-24(17-25(23)20(4)29)28-12-10-27(11-13-28)19(3)22-6-5-21-9-14-30-26(21)16-22/h5-8,16-19H,9-15H2,1-4H3. The third-order valence-corrected chi connectivity index (χ3v) is 6.53. The van der Waals surface area contributed by atoms with Gasteiger partial charge in [-0.1, -0.05) is 32.0 Å². The molecular weight excluding hydrogens is 372 g/mol. The van der Waals surface area contributed by atoms with Gasteiger partial charge in [-0.3, -0.25) is 9.69 Å². The number of carbonyl (C=O) groups excluding carboxylic acids is 1. The minimum absolute atomic E-state index is 0.165. The summed E-state index contributed by atoms with van der Waals surface area (Å²) in [7, 11) is 0. The van der Waals surface area contributed by atoms with E-state index in [1.807, 2.05) is 0 Å². The number of nitrogens with zero attached hydrogens (tertiary/aromatic N) is 2. The van der Waals surface area contributed by atoms with Crippen LogP contribution in [0.4, 0.5) is 5.69 Å². The minimum Gasteiger partial charge on any atom is -0.493 e. The molecular formula is C26H34N2O2. The number of hydrogen-bond acceptors (Lipinski definition) is 4. The molecule has 1 fully saturated rings. The van der Waals surface area contributed by atoms with Crippen molar-refractivity contribution in [1.82, 2.24) is 4.90 Å². The number of rotatable bonds is 6. The number of fused-ring (bicyclic) bond motifs is 1. The van der Waals surface area contributed by atoms with E-state index in [2.05, 4.69) is 67.0 Å². The van der Waals surface area contributed by atoms with Crippen molar-refractivity contribution in [3.63, 3.8) is 0 Å². The predicted molar refractivity (Wildman–Crippen MR) is 123 cm³/mol. The molecule has 0 aromatic heterocycles. The van der Waals surface area contributed by atoms with Crippen LogP contribution in [0.25, 0.3) is 0 Å². The summed E-state index contributed by atoms with van der Waals surface area (Å²) in [5.41, 5.74) is 5.90. The highest BCUT2D eigenvalue weighted by Crippen LogP contribution is 2.31. The second-order valence-corrected chi connectivity index (χ2v) is 9.16. The zero-order chi connectivity index (χ0) is 21.3. The summed E-state index contributed by atoms with van der Waals surface area (Å²) < 4.78 is 5.76. The highest BCUT2D eigenvalue weighted by atomic mass is 16.5. The summed E-state index contributed by atoms with van der Waals surface area (Å²) in [6.07, 6.45) is 1.98. The molecule has 2 aromatic rings. The third-order valence-electron chi connectivity index (χ3n) is 6.53. The van der Waals surface area contributed by atoms with Crippen LogP contribution in [-0.2, 0) is 12.8 Å². The number of ether oxygens (including phenoxy) is 1. The molecule has 1 saturated heterocycles. The van der Waals surface area contributed by atoms with E-state index in [4.69, 9.17) is 4.74 Å². The Hall–Kier alpha value is -2.33. The Balaban J connectivity index is 1.43. The molecule has 1 atom stereocenters. The normalized spacial score (nSPS) is 17.7. The number of benzene rings is 2. The first-order chi connectivity index (χ1) is 14.4. The summed E-state index contributed by atoms with van der Waals surface area (Å²) in [5.74, 6) is 1.78. The molecule has 0 amide bonds. The molecule has 4 rings (SSSR count). The van der Waals surface area contributed by atoms with E-state index < -0.39 is 0 Å². The van der Waals surface area contributed by atoms with Gasteiger partial charge in [0.05, 0.1) is 6.61 Å². The van der Waals surface area contributed by atoms with Gasteiger partial charge >= 0.3 is 0 Å². The van der Waals surface area contributed by atoms with Crippen molar-refractivity contribution in [2.75, 3.05) is 37.7 Å². The number of piperazine rings is 1. The van der Waals surface area contributed by atoms with Crippen LogP contribution in [-0.4, -0.2) is 43.5 Å². The van der Waals surface area contributed by atoms with Crippen LogP contribution in [0, 0.1) is 5.92 Å². The van der Waals surface area contributed by atoms with Gasteiger partial charge in [-0.2, -0.15) is 0 Å². The van der Waals surface area contributed by atoms with Gasteiger partial charge in [0.2, 0.25) is 0 Å². The number of ketones is 1. The molecule has 1 unspecified atom stereocenters. The van der Waals surface area contributed by atoms with Gasteiger partial charge in [-0.05, 0) is 61.1 Å². The van der Waals surface area contributed by atoms with Crippen molar-refractivity contribution < 1.29 is 9.53 Å². The lowest BCUT2D eigenvalue weighted by Gasteiger charge is -2.39. The van der Waals surface area contributed by atoms with E-state index in [1.165, 1.54) is 22.4 Å². The molecule has 2 heterocycles. The van der Waals surface area contributed by atoms with Gasteiger partial charge in [0, 0.05) is 49.9 Å². The van der Waals surface area contributed by atoms with Crippen LogP contribution in [0.1, 0.15) is 60.8 Å². The molecule has 0 spiro atoms. The second kappa shape index (κ2) is 8.81. The van der Waals surface area contributed by atoms with E-state index in [1.54, 1.807) is 6.92 Å². The fourth-order valence-electron chi connectivity index (χ4n) is 4.73. The topological polar surface area (TPSA) is 32.8 Å². The maximum absolute atomic E-state index is 12.2. The molecule has 2 aliphatic rings. The van der Waals surface area contributed by atoms with Crippen LogP contribution in [0.2, 0.25) is 0 Å². The van der Waals surface area contributed by atoms with Crippen molar-refractivity contribution in [2.24, 2.45) is 5.92 Å². The highest BCUT2D eigenvalue weighted by Gasteiger charge is 2.24. The molecule has 2 aliphatic heterocycles. The van der Waals surface area contributed by atoms with E-state index in [9.17, 15) is 4.79 Å². The molecule has 0 N–H and O–H groups in total. The van der Waals surface area contributed by atoms with E-state index in [-0.39, 0.29) is 5.78 Å². The second-order valence-electron chi connectivity index (χ2n) is 9.16. The zero-order valence-electron chi connectivity index (χ0n) is 18.8. The molecule has 160 valence electrons. The lowest BCUT2D eigenvalue weighted by atomic mass is 9.95. The molecule has 4 nitrogen and oxygen atoms in total. The van der Waals surface area contributed by atoms with Gasteiger partial charge in [-0.25, -0.2) is 0 Å². The Morgan fingerprint density at radius 1 is 1.03 bits per heavy atom. The van der Waals surface area contributed by atoms with Crippen LogP contribution < -0.4 is 9.64 Å². The summed E-state index contributed by atoms with van der Waals surface area (Å²) in [6.45, 7) is 13.2. The van der Waals surface area contributed by atoms with Crippen molar-refractivity contribution in [3.8, 4) is 5.75 Å². The van der Waals surface area contributed by atoms with E-state index in [0.29, 0.717) is 12.0 Å². The fourth-order valence-corrected chi connectivity index (χ4v) is 4.73. The molecule has 30 heavy (non-hydrogen) atoms. The lowest BCUT2D eigenvalue weighted by molar-refractivity contribution is 0.101. The van der Waals surface area contributed by atoms with Gasteiger partial charge in [0.1, 0.15) is 5.75 Å². The molecule has 4 heteroatoms. The average molecular weight is 407 g/mol. The Morgan fingerprint density at radius 3 is 2.50 bits per heavy atom. The molecule has 2 aromatic carbocycles. The van der Waals surface area contributed by atoms with E-state index in [0.717, 1.165) is 56.9 Å². The Bertz CT molecular complexity index is 913. The molecule has 0 aliphatic carbocycles. The van der Waals surface area contributed by atoms with Gasteiger partial charge in [0.15, 0.2) is 5.78 Å². The smallest absolute Gasteiger partial charge is 0.160 e. The third kappa shape index (κ3) is 4.39. The minimum atomic E-state index is 0.165. The number of anilines is 1. The average Bonchev–Trinajstić information content (AvgIpc) is 3.21. The van der Waals surface area contributed by atoms with Gasteiger partial charge in [0.25, 0.3) is 0 Å². The summed E-state index contributed by atoms with van der Waals surface area (Å²) in [4.78, 5) is 17.2. The van der Waals surface area contributed by atoms with Crippen LogP contribution in [0.3, 0.4) is 0 Å². The lowest BCUT2D eigenvalue weighted by Crippen LogP contribution is -2.47. The van der Waals surface area contributed by atoms with Crippen LogP contribution >= 0.6 is 0 Å². The first kappa shape index (κ1) is 20.9. The SMILES string of the molecule is CC(=O)c1cc(N2CCN(C(C)c3ccc4c(c3)OCC4)CC2)ccc1CC(C)C. The van der Waals surface area contributed by atoms with E-state index >= 15 is 0 Å². The Morgan fingerprint density at radius 2 is 1.80 bits per heavy atom. The van der Waals surface area contributed by atoms with Crippen molar-refractivity contribution >= 4 is 11.5 Å². The van der Waals surface area contributed by atoms with Crippen molar-refractivity contribution in [1.29, 1.82) is 0 Å². The maximum Gasteiger partial charge on any atom is 0.160 e. The largest absolute Gasteiger partial charge is 0.493 e. The number of carbonyl (C=O) groups is 1. The maximum atomic E-state index is 12.2. The fraction of sp³-hybridized carbons (Fsp3) is 0.500. The Kier molecular flexibility index (Phi) is 6.14. The molecule has 0 bridgehead atoms. The number of Topliss-reactive ketones (excluding diaryl/α,β-unsaturated/α-hetero) is 1. The van der Waals surface area contributed by atoms with Crippen LogP contribution in [0.5, 0.6) is 5.75 Å². The van der Waals surface area contributed by atoms with Crippen LogP contribution in [0.15, 0.2) is 36.4 Å².